The lowest BCUT2D eigenvalue weighted by Gasteiger charge is -2.09. The third-order valence-corrected chi connectivity index (χ3v) is 3.90. The molecule has 1 nitrogen and oxygen atoms in total. The fraction of sp³-hybridized carbons (Fsp3) is 0.700. The van der Waals surface area contributed by atoms with E-state index in [1.165, 1.54) is 36.8 Å². The molecule has 0 bridgehead atoms. The molecule has 0 atom stereocenters. The summed E-state index contributed by atoms with van der Waals surface area (Å²) in [5.74, 6) is 0.804. The van der Waals surface area contributed by atoms with Gasteiger partial charge in [-0.1, -0.05) is 56.7 Å². The van der Waals surface area contributed by atoms with Gasteiger partial charge in [0, 0.05) is 6.61 Å². The van der Waals surface area contributed by atoms with Crippen LogP contribution in [0, 0.1) is 5.92 Å². The Morgan fingerprint density at radius 2 is 1.10 bits per heavy atom. The molecule has 0 fully saturated rings. The van der Waals surface area contributed by atoms with Crippen molar-refractivity contribution in [2.75, 3.05) is 6.61 Å². The summed E-state index contributed by atoms with van der Waals surface area (Å²) in [7, 11) is 0. The zero-order valence-corrected chi connectivity index (χ0v) is 14.4. The molecule has 0 rings (SSSR count). The first-order valence-corrected chi connectivity index (χ1v) is 8.56. The van der Waals surface area contributed by atoms with Gasteiger partial charge < -0.3 is 5.11 Å². The molecule has 0 aromatic carbocycles. The van der Waals surface area contributed by atoms with Crippen LogP contribution in [0.4, 0.5) is 0 Å². The third kappa shape index (κ3) is 13.9. The highest BCUT2D eigenvalue weighted by atomic mass is 16.2. The fourth-order valence-electron chi connectivity index (χ4n) is 2.47. The molecule has 0 saturated heterocycles. The Balaban J connectivity index is 3.52. The van der Waals surface area contributed by atoms with E-state index in [2.05, 4.69) is 33.6 Å². The van der Waals surface area contributed by atoms with Gasteiger partial charge in [0.25, 0.3) is 0 Å². The second-order valence-electron chi connectivity index (χ2n) is 6.72. The molecule has 21 heavy (non-hydrogen) atoms. The van der Waals surface area contributed by atoms with Crippen molar-refractivity contribution in [1.82, 2.24) is 0 Å². The normalized spacial score (nSPS) is 10.9. The van der Waals surface area contributed by atoms with E-state index in [4.69, 9.17) is 5.11 Å². The first-order chi connectivity index (χ1) is 9.95. The van der Waals surface area contributed by atoms with Crippen LogP contribution in [-0.2, 0) is 0 Å². The molecule has 1 heteroatoms. The van der Waals surface area contributed by atoms with Crippen molar-refractivity contribution in [3.05, 3.63) is 36.5 Å². The van der Waals surface area contributed by atoms with Gasteiger partial charge in [-0.2, -0.15) is 0 Å². The largest absolute Gasteiger partial charge is 0.396 e. The number of aliphatic hydroxyl groups excluding tert-OH is 1. The molecule has 122 valence electrons. The molecular weight excluding hydrogens is 256 g/mol. The van der Waals surface area contributed by atoms with E-state index in [1.807, 2.05) is 0 Å². The van der Waals surface area contributed by atoms with Crippen LogP contribution in [0.3, 0.4) is 0 Å². The maximum atomic E-state index is 8.82. The van der Waals surface area contributed by atoms with E-state index < -0.39 is 0 Å². The lowest BCUT2D eigenvalue weighted by Crippen LogP contribution is -1.91. The minimum absolute atomic E-state index is 0.221. The van der Waals surface area contributed by atoms with Crippen LogP contribution in [-0.4, -0.2) is 11.7 Å². The summed E-state index contributed by atoms with van der Waals surface area (Å²) in [5, 5.41) is 8.82. The summed E-state index contributed by atoms with van der Waals surface area (Å²) in [6.45, 7) is 17.1. The lowest BCUT2D eigenvalue weighted by molar-refractivity contribution is 0.298. The van der Waals surface area contributed by atoms with Gasteiger partial charge in [0.2, 0.25) is 0 Å². The summed E-state index contributed by atoms with van der Waals surface area (Å²) < 4.78 is 0. The molecule has 1 N–H and O–H groups in total. The maximum absolute atomic E-state index is 8.82. The highest BCUT2D eigenvalue weighted by molar-refractivity contribution is 5.00. The van der Waals surface area contributed by atoms with Gasteiger partial charge in [0.1, 0.15) is 0 Å². The van der Waals surface area contributed by atoms with Crippen LogP contribution in [0.15, 0.2) is 36.5 Å². The van der Waals surface area contributed by atoms with Gasteiger partial charge in [-0.25, -0.2) is 0 Å². The molecular formula is C20H36O. The fourth-order valence-corrected chi connectivity index (χ4v) is 2.47. The van der Waals surface area contributed by atoms with Crippen molar-refractivity contribution in [3.8, 4) is 0 Å². The SMILES string of the molecule is C=C(CCO)CCCC(=C)CCCC(=C)CCCC(C)C. The van der Waals surface area contributed by atoms with Crippen molar-refractivity contribution in [2.45, 2.75) is 78.1 Å². The minimum Gasteiger partial charge on any atom is -0.396 e. The quantitative estimate of drug-likeness (QED) is 0.378. The summed E-state index contributed by atoms with van der Waals surface area (Å²) in [4.78, 5) is 0. The van der Waals surface area contributed by atoms with Crippen molar-refractivity contribution in [2.24, 2.45) is 5.92 Å². The first-order valence-electron chi connectivity index (χ1n) is 8.56. The Morgan fingerprint density at radius 3 is 1.48 bits per heavy atom. The average Bonchev–Trinajstić information content (AvgIpc) is 2.38. The van der Waals surface area contributed by atoms with Crippen LogP contribution in [0.2, 0.25) is 0 Å². The summed E-state index contributed by atoms with van der Waals surface area (Å²) in [6, 6.07) is 0. The van der Waals surface area contributed by atoms with E-state index in [0.29, 0.717) is 0 Å². The second kappa shape index (κ2) is 12.9. The lowest BCUT2D eigenvalue weighted by atomic mass is 9.97. The molecule has 0 aromatic heterocycles. The second-order valence-corrected chi connectivity index (χ2v) is 6.72. The molecule has 0 aromatic rings. The van der Waals surface area contributed by atoms with Gasteiger partial charge in [-0.15, -0.1) is 0 Å². The molecule has 0 radical (unpaired) electrons. The zero-order valence-electron chi connectivity index (χ0n) is 14.4. The minimum atomic E-state index is 0.221. The highest BCUT2D eigenvalue weighted by Gasteiger charge is 2.01. The van der Waals surface area contributed by atoms with Crippen LogP contribution < -0.4 is 0 Å². The number of rotatable bonds is 14. The first kappa shape index (κ1) is 20.2. The Kier molecular flexibility index (Phi) is 12.4. The Morgan fingerprint density at radius 1 is 0.714 bits per heavy atom. The number of allylic oxidation sites excluding steroid dienone is 2. The number of aliphatic hydroxyl groups is 1. The van der Waals surface area contributed by atoms with E-state index in [1.54, 1.807) is 0 Å². The number of hydrogen-bond acceptors (Lipinski definition) is 1. The molecule has 0 unspecified atom stereocenters. The predicted octanol–water partition coefficient (Wildman–Crippen LogP) is 6.20. The predicted molar refractivity (Wildman–Crippen MR) is 95.5 cm³/mol. The average molecular weight is 293 g/mol. The maximum Gasteiger partial charge on any atom is 0.0468 e. The molecule has 0 amide bonds. The topological polar surface area (TPSA) is 20.2 Å². The van der Waals surface area contributed by atoms with E-state index in [9.17, 15) is 0 Å². The van der Waals surface area contributed by atoms with Crippen LogP contribution >= 0.6 is 0 Å². The van der Waals surface area contributed by atoms with Gasteiger partial charge in [-0.3, -0.25) is 0 Å². The number of hydrogen-bond donors (Lipinski definition) is 1. The third-order valence-electron chi connectivity index (χ3n) is 3.90. The summed E-state index contributed by atoms with van der Waals surface area (Å²) in [5.41, 5.74) is 3.91. The van der Waals surface area contributed by atoms with Gasteiger partial charge in [0.15, 0.2) is 0 Å². The molecule has 0 saturated carbocycles. The van der Waals surface area contributed by atoms with Crippen LogP contribution in [0.1, 0.15) is 78.1 Å². The van der Waals surface area contributed by atoms with Gasteiger partial charge >= 0.3 is 0 Å². The Bertz CT molecular complexity index is 312. The van der Waals surface area contributed by atoms with Crippen LogP contribution in [0.25, 0.3) is 0 Å². The van der Waals surface area contributed by atoms with Crippen molar-refractivity contribution in [3.63, 3.8) is 0 Å². The van der Waals surface area contributed by atoms with Crippen LogP contribution in [0.5, 0.6) is 0 Å². The van der Waals surface area contributed by atoms with E-state index in [-0.39, 0.29) is 6.61 Å². The van der Waals surface area contributed by atoms with Crippen molar-refractivity contribution < 1.29 is 5.11 Å². The molecule has 0 aliphatic heterocycles. The standard InChI is InChI=1S/C20H36O/c1-17(2)9-6-10-18(3)11-7-12-19(4)13-8-14-20(5)15-16-21/h17,21H,3-16H2,1-2H3. The molecule has 0 aliphatic carbocycles. The Hall–Kier alpha value is -0.820. The molecule has 0 heterocycles. The smallest absolute Gasteiger partial charge is 0.0468 e. The van der Waals surface area contributed by atoms with Gasteiger partial charge in [0.05, 0.1) is 0 Å². The Labute approximate surface area is 132 Å². The summed E-state index contributed by atoms with van der Waals surface area (Å²) >= 11 is 0. The zero-order chi connectivity index (χ0) is 16.1. The highest BCUT2D eigenvalue weighted by Crippen LogP contribution is 2.20. The van der Waals surface area contributed by atoms with Crippen molar-refractivity contribution in [1.29, 1.82) is 0 Å². The van der Waals surface area contributed by atoms with E-state index in [0.717, 1.165) is 50.0 Å². The monoisotopic (exact) mass is 292 g/mol. The molecule has 0 aliphatic rings. The molecule has 0 spiro atoms. The van der Waals surface area contributed by atoms with Gasteiger partial charge in [-0.05, 0) is 63.7 Å². The van der Waals surface area contributed by atoms with Crippen molar-refractivity contribution >= 4 is 0 Å². The van der Waals surface area contributed by atoms with E-state index >= 15 is 0 Å². The summed E-state index contributed by atoms with van der Waals surface area (Å²) in [6.07, 6.45) is 11.2.